The Hall–Kier alpha value is -2.37. The van der Waals surface area contributed by atoms with Gasteiger partial charge in [0.15, 0.2) is 16.7 Å². The highest BCUT2D eigenvalue weighted by Crippen LogP contribution is 2.33. The first-order valence-corrected chi connectivity index (χ1v) is 11.5. The maximum absolute atomic E-state index is 12.5. The molecule has 0 fully saturated rings. The van der Waals surface area contributed by atoms with Crippen molar-refractivity contribution in [3.05, 3.63) is 42.0 Å². The molecule has 0 aliphatic heterocycles. The molecule has 0 unspecified atom stereocenters. The molecule has 0 aliphatic carbocycles. The van der Waals surface area contributed by atoms with Gasteiger partial charge in [-0.05, 0) is 42.3 Å². The smallest absolute Gasteiger partial charge is 0.387 e. The van der Waals surface area contributed by atoms with Crippen LogP contribution >= 0.6 is 11.8 Å². The number of hydrogen-bond donors (Lipinski definition) is 1. The van der Waals surface area contributed by atoms with Crippen LogP contribution in [-0.4, -0.2) is 31.7 Å². The van der Waals surface area contributed by atoms with Gasteiger partial charge in [-0.25, -0.2) is 18.5 Å². The molecule has 11 heteroatoms. The molecule has 0 atom stereocenters. The molecule has 7 nitrogen and oxygen atoms in total. The first-order valence-electron chi connectivity index (χ1n) is 9.00. The van der Waals surface area contributed by atoms with E-state index in [1.807, 2.05) is 11.5 Å². The highest BCUT2D eigenvalue weighted by molar-refractivity contribution is 7.98. The topological polar surface area (TPSA) is 96.4 Å². The highest BCUT2D eigenvalue weighted by Gasteiger charge is 2.16. The fourth-order valence-corrected chi connectivity index (χ4v) is 4.47. The second-order valence-electron chi connectivity index (χ2n) is 6.39. The van der Waals surface area contributed by atoms with E-state index >= 15 is 0 Å². The van der Waals surface area contributed by atoms with Crippen LogP contribution in [0.15, 0.2) is 46.5 Å². The van der Waals surface area contributed by atoms with Crippen molar-refractivity contribution in [1.29, 1.82) is 0 Å². The average molecular weight is 458 g/mol. The number of primary sulfonamides is 1. The Bertz CT molecular complexity index is 1150. The minimum Gasteiger partial charge on any atom is -0.493 e. The minimum absolute atomic E-state index is 0.00653. The van der Waals surface area contributed by atoms with Crippen molar-refractivity contribution in [2.24, 2.45) is 5.14 Å². The number of halogens is 2. The number of thioether (sulfide) groups is 1. The van der Waals surface area contributed by atoms with Gasteiger partial charge in [0.25, 0.3) is 0 Å². The number of benzene rings is 2. The largest absolute Gasteiger partial charge is 0.493 e. The number of nitrogens with zero attached hydrogens (tertiary/aromatic N) is 2. The van der Waals surface area contributed by atoms with E-state index in [-0.39, 0.29) is 16.4 Å². The Balaban J connectivity index is 1.88. The lowest BCUT2D eigenvalue weighted by Gasteiger charge is -2.11. The zero-order valence-electron chi connectivity index (χ0n) is 16.3. The summed E-state index contributed by atoms with van der Waals surface area (Å²) in [4.78, 5) is 4.58. The van der Waals surface area contributed by atoms with Crippen LogP contribution in [-0.2, 0) is 22.3 Å². The monoisotopic (exact) mass is 457 g/mol. The van der Waals surface area contributed by atoms with E-state index in [0.29, 0.717) is 23.0 Å². The zero-order chi connectivity index (χ0) is 21.9. The number of imidazole rings is 1. The third-order valence-corrected chi connectivity index (χ3v) is 6.23. The van der Waals surface area contributed by atoms with Crippen molar-refractivity contribution in [2.45, 2.75) is 42.3 Å². The number of aromatic nitrogens is 2. The van der Waals surface area contributed by atoms with E-state index in [0.717, 1.165) is 17.5 Å². The summed E-state index contributed by atoms with van der Waals surface area (Å²) in [6, 6.07) is 9.37. The Morgan fingerprint density at radius 2 is 1.97 bits per heavy atom. The van der Waals surface area contributed by atoms with Crippen molar-refractivity contribution in [3.63, 3.8) is 0 Å². The van der Waals surface area contributed by atoms with Crippen molar-refractivity contribution in [2.75, 3.05) is 7.11 Å². The van der Waals surface area contributed by atoms with E-state index in [2.05, 4.69) is 9.72 Å². The highest BCUT2D eigenvalue weighted by atomic mass is 32.2. The van der Waals surface area contributed by atoms with Crippen molar-refractivity contribution in [3.8, 4) is 11.5 Å². The van der Waals surface area contributed by atoms with Gasteiger partial charge in [-0.15, -0.1) is 0 Å². The molecule has 0 saturated heterocycles. The fourth-order valence-electron chi connectivity index (χ4n) is 2.96. The number of rotatable bonds is 9. The van der Waals surface area contributed by atoms with Gasteiger partial charge in [0, 0.05) is 12.3 Å². The summed E-state index contributed by atoms with van der Waals surface area (Å²) < 4.78 is 59.8. The van der Waals surface area contributed by atoms with Crippen molar-refractivity contribution >= 4 is 32.8 Å². The molecule has 162 valence electrons. The summed E-state index contributed by atoms with van der Waals surface area (Å²) in [5.74, 6) is 0.684. The summed E-state index contributed by atoms with van der Waals surface area (Å²) in [7, 11) is -2.44. The van der Waals surface area contributed by atoms with Crippen LogP contribution < -0.4 is 14.6 Å². The maximum atomic E-state index is 12.5. The normalized spacial score (nSPS) is 11.9. The van der Waals surface area contributed by atoms with Crippen LogP contribution in [0.4, 0.5) is 8.78 Å². The molecule has 0 aliphatic rings. The SMILES string of the molecule is CCCn1c(SCc2ccc(OC(F)F)c(OC)c2)nc2cc(S(N)(=O)=O)ccc21. The lowest BCUT2D eigenvalue weighted by Crippen LogP contribution is -2.11. The second-order valence-corrected chi connectivity index (χ2v) is 8.90. The summed E-state index contributed by atoms with van der Waals surface area (Å²) in [5, 5.41) is 5.93. The Kier molecular flexibility index (Phi) is 6.84. The molecule has 1 heterocycles. The van der Waals surface area contributed by atoms with Crippen molar-refractivity contribution in [1.82, 2.24) is 9.55 Å². The molecular formula is C19H21F2N3O4S2. The van der Waals surface area contributed by atoms with Gasteiger partial charge in [-0.1, -0.05) is 24.8 Å². The third-order valence-electron chi connectivity index (χ3n) is 4.27. The van der Waals surface area contributed by atoms with E-state index < -0.39 is 16.6 Å². The van der Waals surface area contributed by atoms with Crippen LogP contribution in [0.1, 0.15) is 18.9 Å². The van der Waals surface area contributed by atoms with Crippen LogP contribution in [0.2, 0.25) is 0 Å². The number of nitrogens with two attached hydrogens (primary N) is 1. The van der Waals surface area contributed by atoms with Gasteiger partial charge in [0.2, 0.25) is 10.0 Å². The number of ether oxygens (including phenoxy) is 2. The van der Waals surface area contributed by atoms with Crippen LogP contribution in [0, 0.1) is 0 Å². The van der Waals surface area contributed by atoms with E-state index in [9.17, 15) is 17.2 Å². The number of fused-ring (bicyclic) bond motifs is 1. The van der Waals surface area contributed by atoms with Crippen LogP contribution in [0.3, 0.4) is 0 Å². The first-order chi connectivity index (χ1) is 14.2. The Labute approximate surface area is 177 Å². The summed E-state index contributed by atoms with van der Waals surface area (Å²) in [6.45, 7) is -0.195. The lowest BCUT2D eigenvalue weighted by molar-refractivity contribution is -0.0512. The van der Waals surface area contributed by atoms with E-state index in [4.69, 9.17) is 9.88 Å². The molecule has 0 saturated carbocycles. The lowest BCUT2D eigenvalue weighted by atomic mass is 10.2. The van der Waals surface area contributed by atoms with Gasteiger partial charge >= 0.3 is 6.61 Å². The molecule has 0 radical (unpaired) electrons. The number of aryl methyl sites for hydroxylation is 1. The molecular weight excluding hydrogens is 436 g/mol. The van der Waals surface area contributed by atoms with Gasteiger partial charge in [0.1, 0.15) is 0 Å². The third kappa shape index (κ3) is 5.02. The second kappa shape index (κ2) is 9.19. The van der Waals surface area contributed by atoms with Gasteiger partial charge < -0.3 is 14.0 Å². The molecule has 2 aromatic carbocycles. The number of methoxy groups -OCH3 is 1. The van der Waals surface area contributed by atoms with Gasteiger partial charge in [0.05, 0.1) is 23.0 Å². The summed E-state index contributed by atoms with van der Waals surface area (Å²) in [6.07, 6.45) is 0.865. The molecule has 30 heavy (non-hydrogen) atoms. The van der Waals surface area contributed by atoms with Gasteiger partial charge in [-0.3, -0.25) is 0 Å². The standard InChI is InChI=1S/C19H21F2N3O4S2/c1-3-8-24-15-6-5-13(30(22,25)26)10-14(15)23-19(24)29-11-12-4-7-16(28-18(20)21)17(9-12)27-2/h4-7,9-10,18H,3,8,11H2,1-2H3,(H2,22,25,26). The van der Waals surface area contributed by atoms with Crippen molar-refractivity contribution < 1.29 is 26.7 Å². The fraction of sp³-hybridized carbons (Fsp3) is 0.316. The van der Waals surface area contributed by atoms with Crippen LogP contribution in [0.25, 0.3) is 11.0 Å². The van der Waals surface area contributed by atoms with Gasteiger partial charge in [-0.2, -0.15) is 8.78 Å². The molecule has 0 spiro atoms. The molecule has 0 bridgehead atoms. The maximum Gasteiger partial charge on any atom is 0.387 e. The molecule has 1 aromatic heterocycles. The zero-order valence-corrected chi connectivity index (χ0v) is 18.0. The summed E-state index contributed by atoms with van der Waals surface area (Å²) in [5.41, 5.74) is 2.18. The Morgan fingerprint density at radius 1 is 1.20 bits per heavy atom. The average Bonchev–Trinajstić information content (AvgIpc) is 3.03. The molecule has 3 rings (SSSR count). The molecule has 2 N–H and O–H groups in total. The molecule has 0 amide bonds. The molecule has 3 aromatic rings. The predicted octanol–water partition coefficient (Wildman–Crippen LogP) is 4.00. The number of alkyl halides is 2. The summed E-state index contributed by atoms with van der Waals surface area (Å²) >= 11 is 1.44. The quantitative estimate of drug-likeness (QED) is 0.488. The van der Waals surface area contributed by atoms with E-state index in [1.54, 1.807) is 18.2 Å². The number of hydrogen-bond acceptors (Lipinski definition) is 6. The van der Waals surface area contributed by atoms with E-state index in [1.165, 1.54) is 37.1 Å². The number of sulfonamides is 1. The van der Waals surface area contributed by atoms with Crippen LogP contribution in [0.5, 0.6) is 11.5 Å². The predicted molar refractivity (Wildman–Crippen MR) is 111 cm³/mol. The Morgan fingerprint density at radius 3 is 2.60 bits per heavy atom. The minimum atomic E-state index is -3.82. The first kappa shape index (κ1) is 22.3.